The lowest BCUT2D eigenvalue weighted by Crippen LogP contribution is -2.51. The fraction of sp³-hybridized carbons (Fsp3) is 0.714. The van der Waals surface area contributed by atoms with E-state index in [1.165, 1.54) is 0 Å². The van der Waals surface area contributed by atoms with Crippen molar-refractivity contribution in [3.63, 3.8) is 0 Å². The quantitative estimate of drug-likeness (QED) is 0.634. The molecule has 1 heterocycles. The van der Waals surface area contributed by atoms with Crippen LogP contribution in [0.3, 0.4) is 0 Å². The third-order valence-electron chi connectivity index (χ3n) is 2.10. The Kier molecular flexibility index (Phi) is 2.40. The predicted molar refractivity (Wildman–Crippen MR) is 40.3 cm³/mol. The number of piperidine rings is 1. The average molecular weight is 191 g/mol. The highest BCUT2D eigenvalue weighted by Crippen LogP contribution is 2.25. The zero-order valence-electron chi connectivity index (χ0n) is 6.86. The molecule has 1 rings (SSSR count). The fourth-order valence-corrected chi connectivity index (χ4v) is 1.35. The first-order valence-corrected chi connectivity index (χ1v) is 3.86. The van der Waals surface area contributed by atoms with Gasteiger partial charge in [-0.25, -0.2) is 14.0 Å². The highest BCUT2D eigenvalue weighted by atomic mass is 19.1. The van der Waals surface area contributed by atoms with E-state index in [9.17, 15) is 14.0 Å². The summed E-state index contributed by atoms with van der Waals surface area (Å²) >= 11 is 0. The Morgan fingerprint density at radius 2 is 2.00 bits per heavy atom. The summed E-state index contributed by atoms with van der Waals surface area (Å²) in [5.74, 6) is -1.58. The second kappa shape index (κ2) is 3.20. The Bertz CT molecular complexity index is 245. The van der Waals surface area contributed by atoms with Crippen LogP contribution in [0.1, 0.15) is 12.8 Å². The molecule has 1 unspecified atom stereocenters. The van der Waals surface area contributed by atoms with E-state index in [4.69, 9.17) is 10.2 Å². The van der Waals surface area contributed by atoms with Gasteiger partial charge in [-0.15, -0.1) is 0 Å². The number of carboxylic acids is 1. The predicted octanol–water partition coefficient (Wildman–Crippen LogP) is 0.553. The molecule has 0 radical (unpaired) electrons. The molecular formula is C7H10FNO4. The molecule has 1 fully saturated rings. The number of hydrogen-bond donors (Lipinski definition) is 2. The average Bonchev–Trinajstić information content (AvgIpc) is 2.04. The molecule has 6 heteroatoms. The third-order valence-corrected chi connectivity index (χ3v) is 2.10. The molecule has 0 spiro atoms. The fourth-order valence-electron chi connectivity index (χ4n) is 1.35. The van der Waals surface area contributed by atoms with Gasteiger partial charge >= 0.3 is 12.1 Å². The van der Waals surface area contributed by atoms with E-state index in [1.807, 2.05) is 0 Å². The van der Waals surface area contributed by atoms with Crippen LogP contribution in [0, 0.1) is 0 Å². The zero-order valence-corrected chi connectivity index (χ0v) is 6.86. The SMILES string of the molecule is O=C(O)N1CCCC(F)(C(=O)O)C1. The van der Waals surface area contributed by atoms with Crippen molar-refractivity contribution < 1.29 is 24.2 Å². The summed E-state index contributed by atoms with van der Waals surface area (Å²) in [4.78, 5) is 21.7. The van der Waals surface area contributed by atoms with E-state index in [-0.39, 0.29) is 19.4 Å². The van der Waals surface area contributed by atoms with Crippen LogP contribution in [-0.4, -0.2) is 45.9 Å². The molecule has 0 aromatic rings. The van der Waals surface area contributed by atoms with Crippen LogP contribution >= 0.6 is 0 Å². The smallest absolute Gasteiger partial charge is 0.407 e. The first-order chi connectivity index (χ1) is 5.96. The van der Waals surface area contributed by atoms with E-state index >= 15 is 0 Å². The molecule has 0 aromatic carbocycles. The van der Waals surface area contributed by atoms with Gasteiger partial charge in [-0.05, 0) is 12.8 Å². The number of rotatable bonds is 1. The van der Waals surface area contributed by atoms with Gasteiger partial charge in [-0.2, -0.15) is 0 Å². The highest BCUT2D eigenvalue weighted by Gasteiger charge is 2.44. The van der Waals surface area contributed by atoms with E-state index in [0.717, 1.165) is 4.90 Å². The van der Waals surface area contributed by atoms with Gasteiger partial charge in [0, 0.05) is 6.54 Å². The Morgan fingerprint density at radius 3 is 2.46 bits per heavy atom. The topological polar surface area (TPSA) is 77.8 Å². The minimum Gasteiger partial charge on any atom is -0.479 e. The molecular weight excluding hydrogens is 181 g/mol. The summed E-state index contributed by atoms with van der Waals surface area (Å²) in [6, 6.07) is 0. The lowest BCUT2D eigenvalue weighted by molar-refractivity contribution is -0.154. The summed E-state index contributed by atoms with van der Waals surface area (Å²) in [7, 11) is 0. The standard InChI is InChI=1S/C7H10FNO4/c8-7(5(10)11)2-1-3-9(4-7)6(12)13/h1-4H2,(H,10,11)(H,12,13). The maximum absolute atomic E-state index is 13.4. The van der Waals surface area contributed by atoms with Crippen molar-refractivity contribution in [2.75, 3.05) is 13.1 Å². The molecule has 0 saturated carbocycles. The minimum absolute atomic E-state index is 0.119. The highest BCUT2D eigenvalue weighted by molar-refractivity contribution is 5.79. The molecule has 5 nitrogen and oxygen atoms in total. The number of carbonyl (C=O) groups is 2. The Hall–Kier alpha value is -1.33. The molecule has 1 amide bonds. The number of aliphatic carboxylic acids is 1. The van der Waals surface area contributed by atoms with E-state index in [0.29, 0.717) is 0 Å². The number of alkyl halides is 1. The Balaban J connectivity index is 2.71. The van der Waals surface area contributed by atoms with Crippen molar-refractivity contribution in [3.05, 3.63) is 0 Å². The van der Waals surface area contributed by atoms with Crippen molar-refractivity contribution in [2.24, 2.45) is 0 Å². The Morgan fingerprint density at radius 1 is 1.38 bits per heavy atom. The molecule has 74 valence electrons. The van der Waals surface area contributed by atoms with E-state index in [1.54, 1.807) is 0 Å². The van der Waals surface area contributed by atoms with Gasteiger partial charge in [0.15, 0.2) is 0 Å². The lowest BCUT2D eigenvalue weighted by atomic mass is 9.95. The van der Waals surface area contributed by atoms with Crippen LogP contribution in [0.4, 0.5) is 9.18 Å². The van der Waals surface area contributed by atoms with Gasteiger partial charge < -0.3 is 15.1 Å². The molecule has 2 N–H and O–H groups in total. The van der Waals surface area contributed by atoms with E-state index < -0.39 is 24.3 Å². The van der Waals surface area contributed by atoms with Gasteiger partial charge in [-0.3, -0.25) is 0 Å². The molecule has 13 heavy (non-hydrogen) atoms. The number of hydrogen-bond acceptors (Lipinski definition) is 2. The van der Waals surface area contributed by atoms with Crippen LogP contribution in [0.2, 0.25) is 0 Å². The number of halogens is 1. The maximum Gasteiger partial charge on any atom is 0.407 e. The molecule has 1 aliphatic heterocycles. The molecule has 1 atom stereocenters. The largest absolute Gasteiger partial charge is 0.479 e. The van der Waals surface area contributed by atoms with Gasteiger partial charge in [0.25, 0.3) is 0 Å². The van der Waals surface area contributed by atoms with Gasteiger partial charge in [-0.1, -0.05) is 0 Å². The first kappa shape index (κ1) is 9.76. The Labute approximate surface area is 73.8 Å². The monoisotopic (exact) mass is 191 g/mol. The van der Waals surface area contributed by atoms with Crippen LogP contribution < -0.4 is 0 Å². The molecule has 1 aliphatic rings. The summed E-state index contributed by atoms with van der Waals surface area (Å²) in [6.07, 6.45) is -1.15. The number of likely N-dealkylation sites (tertiary alicyclic amines) is 1. The molecule has 0 aliphatic carbocycles. The third kappa shape index (κ3) is 1.88. The lowest BCUT2D eigenvalue weighted by Gasteiger charge is -2.32. The first-order valence-electron chi connectivity index (χ1n) is 3.86. The second-order valence-corrected chi connectivity index (χ2v) is 3.08. The van der Waals surface area contributed by atoms with E-state index in [2.05, 4.69) is 0 Å². The van der Waals surface area contributed by atoms with Gasteiger partial charge in [0.05, 0.1) is 6.54 Å². The van der Waals surface area contributed by atoms with Crippen molar-refractivity contribution in [3.8, 4) is 0 Å². The van der Waals surface area contributed by atoms with Crippen LogP contribution in [0.25, 0.3) is 0 Å². The number of carboxylic acid groups (broad SMARTS) is 2. The summed E-state index contributed by atoms with van der Waals surface area (Å²) in [6.45, 7) is -0.369. The normalized spacial score (nSPS) is 28.5. The summed E-state index contributed by atoms with van der Waals surface area (Å²) in [5, 5.41) is 17.0. The van der Waals surface area contributed by atoms with Gasteiger partial charge in [0.2, 0.25) is 5.67 Å². The zero-order chi connectivity index (χ0) is 10.1. The van der Waals surface area contributed by atoms with Gasteiger partial charge in [0.1, 0.15) is 0 Å². The number of amides is 1. The van der Waals surface area contributed by atoms with Crippen molar-refractivity contribution >= 4 is 12.1 Å². The summed E-state index contributed by atoms with van der Waals surface area (Å²) < 4.78 is 13.4. The van der Waals surface area contributed by atoms with Crippen molar-refractivity contribution in [1.82, 2.24) is 4.90 Å². The molecule has 0 aromatic heterocycles. The molecule has 1 saturated heterocycles. The summed E-state index contributed by atoms with van der Waals surface area (Å²) in [5.41, 5.74) is -2.41. The number of nitrogens with zero attached hydrogens (tertiary/aromatic N) is 1. The van der Waals surface area contributed by atoms with Crippen LogP contribution in [0.5, 0.6) is 0 Å². The minimum atomic E-state index is -2.41. The maximum atomic E-state index is 13.4. The van der Waals surface area contributed by atoms with Crippen LogP contribution in [0.15, 0.2) is 0 Å². The van der Waals surface area contributed by atoms with Crippen molar-refractivity contribution in [1.29, 1.82) is 0 Å². The second-order valence-electron chi connectivity index (χ2n) is 3.08. The molecule has 0 bridgehead atoms. The van der Waals surface area contributed by atoms with Crippen molar-refractivity contribution in [2.45, 2.75) is 18.5 Å². The van der Waals surface area contributed by atoms with Crippen LogP contribution in [-0.2, 0) is 4.79 Å².